The molecule has 0 atom stereocenters. The average molecular weight is 574 g/mol. The molecule has 2 aromatic carbocycles. The van der Waals surface area contributed by atoms with Crippen LogP contribution in [0.15, 0.2) is 54.7 Å². The van der Waals surface area contributed by atoms with Gasteiger partial charge in [-0.3, -0.25) is 9.69 Å². The molecule has 1 aliphatic rings. The number of nitrogens with zero attached hydrogens (tertiary/aromatic N) is 3. The molecule has 12 nitrogen and oxygen atoms in total. The number of aromatic nitrogens is 1. The number of fused-ring (bicyclic) bond motifs is 1. The summed E-state index contributed by atoms with van der Waals surface area (Å²) in [6.45, 7) is 7.81. The van der Waals surface area contributed by atoms with Gasteiger partial charge in [0.25, 0.3) is 0 Å². The molecular weight excluding hydrogens is 541 g/mol. The molecular formula is C28H32FN3O9. The first-order valence-electron chi connectivity index (χ1n) is 12.6. The van der Waals surface area contributed by atoms with Gasteiger partial charge in [0.1, 0.15) is 5.82 Å². The first kappa shape index (κ1) is 32.4. The zero-order chi connectivity index (χ0) is 30.5. The van der Waals surface area contributed by atoms with Gasteiger partial charge in [-0.15, -0.1) is 0 Å². The van der Waals surface area contributed by atoms with E-state index in [0.717, 1.165) is 62.3 Å². The van der Waals surface area contributed by atoms with Crippen molar-refractivity contribution in [3.8, 4) is 0 Å². The van der Waals surface area contributed by atoms with Crippen molar-refractivity contribution in [2.45, 2.75) is 26.3 Å². The zero-order valence-electron chi connectivity index (χ0n) is 22.4. The van der Waals surface area contributed by atoms with Gasteiger partial charge in [-0.1, -0.05) is 0 Å². The number of hydrogen-bond donors (Lipinski definition) is 4. The van der Waals surface area contributed by atoms with Gasteiger partial charge in [0, 0.05) is 61.1 Å². The van der Waals surface area contributed by atoms with Crippen molar-refractivity contribution in [1.29, 1.82) is 0 Å². The van der Waals surface area contributed by atoms with E-state index in [1.807, 2.05) is 24.3 Å². The normalized spacial score (nSPS) is 12.9. The number of carbonyl (C=O) groups is 5. The number of unbranched alkanes of at least 4 members (excludes halogenated alkanes) is 1. The average Bonchev–Trinajstić information content (AvgIpc) is 3.34. The van der Waals surface area contributed by atoms with Crippen LogP contribution in [0, 0.1) is 5.82 Å². The number of anilines is 1. The number of carboxylic acids is 4. The van der Waals surface area contributed by atoms with Gasteiger partial charge in [0.05, 0.1) is 0 Å². The highest BCUT2D eigenvalue weighted by Crippen LogP contribution is 2.20. The van der Waals surface area contributed by atoms with Crippen molar-refractivity contribution in [1.82, 2.24) is 9.47 Å². The molecule has 4 N–H and O–H groups in total. The van der Waals surface area contributed by atoms with Crippen LogP contribution in [0.1, 0.15) is 30.1 Å². The fourth-order valence-electron chi connectivity index (χ4n) is 4.11. The fourth-order valence-corrected chi connectivity index (χ4v) is 4.11. The molecule has 0 bridgehead atoms. The second-order valence-corrected chi connectivity index (χ2v) is 9.07. The maximum absolute atomic E-state index is 13.1. The molecule has 0 unspecified atom stereocenters. The maximum atomic E-state index is 13.1. The van der Waals surface area contributed by atoms with Gasteiger partial charge in [-0.25, -0.2) is 23.6 Å². The van der Waals surface area contributed by atoms with E-state index in [9.17, 15) is 9.18 Å². The molecule has 0 spiro atoms. The topological polar surface area (TPSA) is 178 Å². The number of aliphatic carboxylic acids is 4. The highest BCUT2D eigenvalue weighted by molar-refractivity contribution is 6.27. The Balaban J connectivity index is 0.000000413. The first-order chi connectivity index (χ1) is 19.4. The summed E-state index contributed by atoms with van der Waals surface area (Å²) in [5.74, 6) is -7.36. The number of ketones is 1. The van der Waals surface area contributed by atoms with Crippen molar-refractivity contribution in [3.63, 3.8) is 0 Å². The van der Waals surface area contributed by atoms with E-state index in [2.05, 4.69) is 32.7 Å². The molecule has 0 amide bonds. The van der Waals surface area contributed by atoms with E-state index in [1.165, 1.54) is 24.1 Å². The number of hydrogen-bond acceptors (Lipinski definition) is 7. The minimum absolute atomic E-state index is 0.110. The largest absolute Gasteiger partial charge is 0.473 e. The van der Waals surface area contributed by atoms with Crippen LogP contribution >= 0.6 is 0 Å². The fraction of sp³-hybridized carbons (Fsp3) is 0.321. The van der Waals surface area contributed by atoms with Crippen LogP contribution in [0.2, 0.25) is 0 Å². The van der Waals surface area contributed by atoms with Crippen LogP contribution < -0.4 is 4.90 Å². The van der Waals surface area contributed by atoms with E-state index in [0.29, 0.717) is 0 Å². The second-order valence-electron chi connectivity index (χ2n) is 9.07. The third kappa shape index (κ3) is 10.7. The zero-order valence-corrected chi connectivity index (χ0v) is 22.4. The molecule has 3 aromatic rings. The Kier molecular flexibility index (Phi) is 12.4. The highest BCUT2D eigenvalue weighted by atomic mass is 19.1. The number of aryl methyl sites for hydroxylation is 1. The lowest BCUT2D eigenvalue weighted by Gasteiger charge is -2.36. The van der Waals surface area contributed by atoms with Crippen molar-refractivity contribution in [3.05, 3.63) is 66.1 Å². The molecule has 220 valence electrons. The Morgan fingerprint density at radius 3 is 1.78 bits per heavy atom. The van der Waals surface area contributed by atoms with Gasteiger partial charge in [-0.05, 0) is 74.8 Å². The molecule has 1 aromatic heterocycles. The van der Waals surface area contributed by atoms with Gasteiger partial charge in [-0.2, -0.15) is 0 Å². The summed E-state index contributed by atoms with van der Waals surface area (Å²) < 4.78 is 15.4. The maximum Gasteiger partial charge on any atom is 0.414 e. The summed E-state index contributed by atoms with van der Waals surface area (Å²) in [6.07, 6.45) is 4.42. The molecule has 13 heteroatoms. The van der Waals surface area contributed by atoms with Crippen molar-refractivity contribution >= 4 is 46.3 Å². The number of rotatable bonds is 7. The van der Waals surface area contributed by atoms with Crippen molar-refractivity contribution in [2.75, 3.05) is 37.6 Å². The van der Waals surface area contributed by atoms with E-state index in [1.54, 1.807) is 6.92 Å². The number of carbonyl (C=O) groups excluding carboxylic acids is 1. The van der Waals surface area contributed by atoms with Crippen molar-refractivity contribution in [2.24, 2.45) is 0 Å². The van der Waals surface area contributed by atoms with Gasteiger partial charge in [0.15, 0.2) is 5.78 Å². The summed E-state index contributed by atoms with van der Waals surface area (Å²) in [4.78, 5) is 52.8. The number of benzene rings is 2. The van der Waals surface area contributed by atoms with E-state index < -0.39 is 23.9 Å². The number of piperazine rings is 1. The van der Waals surface area contributed by atoms with Crippen LogP contribution in [0.5, 0.6) is 0 Å². The third-order valence-electron chi connectivity index (χ3n) is 6.23. The molecule has 0 saturated carbocycles. The van der Waals surface area contributed by atoms with Gasteiger partial charge < -0.3 is 29.9 Å². The van der Waals surface area contributed by atoms with Crippen LogP contribution in [0.4, 0.5) is 10.1 Å². The van der Waals surface area contributed by atoms with E-state index in [-0.39, 0.29) is 11.6 Å². The third-order valence-corrected chi connectivity index (χ3v) is 6.23. The molecule has 4 rings (SSSR count). The SMILES string of the molecule is CC(=O)c1ccc2c(ccn2CCCCN2CCN(c3ccc(F)cc3)CC2)c1.O=C(O)C(=O)O.O=C(O)C(=O)O. The van der Waals surface area contributed by atoms with E-state index >= 15 is 0 Å². The summed E-state index contributed by atoms with van der Waals surface area (Å²) in [7, 11) is 0. The predicted octanol–water partition coefficient (Wildman–Crippen LogP) is 2.90. The smallest absolute Gasteiger partial charge is 0.414 e. The summed E-state index contributed by atoms with van der Waals surface area (Å²) in [5.41, 5.74) is 3.08. The number of halogens is 1. The summed E-state index contributed by atoms with van der Waals surface area (Å²) in [6, 6.07) is 14.9. The standard InChI is InChI=1S/C24H28FN3O.2C2H2O4/c1-19(29)20-4-9-24-21(18-20)10-13-28(24)12-3-2-11-26-14-16-27(17-15-26)23-7-5-22(25)6-8-23;2*3-1(4)2(5)6/h4-10,13,18H,2-3,11-12,14-17H2,1H3;2*(H,3,4)(H,5,6). The Hall–Kier alpha value is -4.78. The van der Waals surface area contributed by atoms with E-state index in [4.69, 9.17) is 39.6 Å². The highest BCUT2D eigenvalue weighted by Gasteiger charge is 2.17. The Bertz CT molecular complexity index is 1320. The minimum atomic E-state index is -1.82. The predicted molar refractivity (Wildman–Crippen MR) is 147 cm³/mol. The quantitative estimate of drug-likeness (QED) is 0.186. The second kappa shape index (κ2) is 15.7. The minimum Gasteiger partial charge on any atom is -0.473 e. The lowest BCUT2D eigenvalue weighted by Crippen LogP contribution is -2.46. The van der Waals surface area contributed by atoms with Crippen LogP contribution in [-0.2, 0) is 25.7 Å². The lowest BCUT2D eigenvalue weighted by atomic mass is 10.1. The van der Waals surface area contributed by atoms with Gasteiger partial charge in [0.2, 0.25) is 0 Å². The molecule has 41 heavy (non-hydrogen) atoms. The summed E-state index contributed by atoms with van der Waals surface area (Å²) in [5, 5.41) is 30.7. The molecule has 0 radical (unpaired) electrons. The number of carboxylic acid groups (broad SMARTS) is 4. The van der Waals surface area contributed by atoms with Crippen LogP contribution in [0.3, 0.4) is 0 Å². The molecule has 1 fully saturated rings. The first-order valence-corrected chi connectivity index (χ1v) is 12.6. The summed E-state index contributed by atoms with van der Waals surface area (Å²) >= 11 is 0. The van der Waals surface area contributed by atoms with Crippen LogP contribution in [0.25, 0.3) is 10.9 Å². The Morgan fingerprint density at radius 1 is 0.732 bits per heavy atom. The Morgan fingerprint density at radius 2 is 1.27 bits per heavy atom. The monoisotopic (exact) mass is 573 g/mol. The Labute approximate surface area is 234 Å². The molecule has 2 heterocycles. The lowest BCUT2D eigenvalue weighted by molar-refractivity contribution is -0.159. The molecule has 1 saturated heterocycles. The van der Waals surface area contributed by atoms with Crippen molar-refractivity contribution < 1.29 is 48.8 Å². The molecule has 1 aliphatic heterocycles. The number of Topliss-reactive ketones (excluding diaryl/α,β-unsaturated/α-hetero) is 1. The van der Waals surface area contributed by atoms with Gasteiger partial charge >= 0.3 is 23.9 Å². The molecule has 0 aliphatic carbocycles. The van der Waals surface area contributed by atoms with Crippen LogP contribution in [-0.4, -0.2) is 92.3 Å².